The molecule has 1 fully saturated rings. The van der Waals surface area contributed by atoms with Gasteiger partial charge in [-0.05, 0) is 18.3 Å². The molecule has 0 aromatic carbocycles. The molecule has 0 N–H and O–H groups in total. The minimum Gasteiger partial charge on any atom is -0.151 e. The third kappa shape index (κ3) is 1.79. The first-order chi connectivity index (χ1) is 4.77. The first-order valence-corrected chi connectivity index (χ1v) is 4.06. The lowest BCUT2D eigenvalue weighted by Crippen LogP contribution is -2.22. The highest BCUT2D eigenvalue weighted by Gasteiger charge is 2.26. The van der Waals surface area contributed by atoms with E-state index in [4.69, 9.17) is 0 Å². The first kappa shape index (κ1) is 7.70. The fraction of sp³-hybridized carbons (Fsp3) is 1.00. The lowest BCUT2D eigenvalue weighted by molar-refractivity contribution is 0.226. The van der Waals surface area contributed by atoms with Crippen LogP contribution in [0.15, 0.2) is 5.18 Å². The number of nitroso groups, excluding NO2 is 1. The van der Waals surface area contributed by atoms with E-state index in [9.17, 15) is 4.91 Å². The zero-order valence-electron chi connectivity index (χ0n) is 6.60. The zero-order chi connectivity index (χ0) is 7.45. The average Bonchev–Trinajstić information content (AvgIpc) is 1.89. The summed E-state index contributed by atoms with van der Waals surface area (Å²) >= 11 is 0. The highest BCUT2D eigenvalue weighted by molar-refractivity contribution is 4.79. The largest absolute Gasteiger partial charge is 0.151 e. The summed E-state index contributed by atoms with van der Waals surface area (Å²) < 4.78 is 0. The summed E-state index contributed by atoms with van der Waals surface area (Å²) in [5.41, 5.74) is 0.250. The molecule has 0 unspecified atom stereocenters. The molecule has 2 heteroatoms. The van der Waals surface area contributed by atoms with Crippen molar-refractivity contribution in [3.63, 3.8) is 0 Å². The second kappa shape index (κ2) is 3.13. The maximum Gasteiger partial charge on any atom is 0.0864 e. The van der Waals surface area contributed by atoms with Crippen molar-refractivity contribution < 1.29 is 0 Å². The van der Waals surface area contributed by atoms with E-state index in [1.807, 2.05) is 0 Å². The fourth-order valence-corrected chi connectivity index (χ4v) is 1.72. The van der Waals surface area contributed by atoms with Crippen LogP contribution in [-0.4, -0.2) is 6.54 Å². The molecule has 1 aliphatic rings. The van der Waals surface area contributed by atoms with Gasteiger partial charge >= 0.3 is 0 Å². The van der Waals surface area contributed by atoms with Gasteiger partial charge in [-0.15, -0.1) is 0 Å². The number of rotatable bonds is 2. The van der Waals surface area contributed by atoms with E-state index in [0.29, 0.717) is 6.54 Å². The van der Waals surface area contributed by atoms with Crippen molar-refractivity contribution in [2.24, 2.45) is 10.6 Å². The van der Waals surface area contributed by atoms with Crippen LogP contribution in [0.2, 0.25) is 0 Å². The summed E-state index contributed by atoms with van der Waals surface area (Å²) in [6, 6.07) is 0. The molecule has 0 aromatic rings. The summed E-state index contributed by atoms with van der Waals surface area (Å²) in [5, 5.41) is 2.98. The van der Waals surface area contributed by atoms with Crippen molar-refractivity contribution in [3.8, 4) is 0 Å². The molecule has 0 radical (unpaired) electrons. The van der Waals surface area contributed by atoms with Crippen LogP contribution >= 0.6 is 0 Å². The topological polar surface area (TPSA) is 29.4 Å². The van der Waals surface area contributed by atoms with Crippen molar-refractivity contribution in [1.82, 2.24) is 0 Å². The monoisotopic (exact) mass is 141 g/mol. The third-order valence-electron chi connectivity index (χ3n) is 2.51. The maximum atomic E-state index is 10.0. The molecule has 58 valence electrons. The van der Waals surface area contributed by atoms with Crippen LogP contribution in [0.4, 0.5) is 0 Å². The summed E-state index contributed by atoms with van der Waals surface area (Å²) in [6.07, 6.45) is 6.30. The Bertz CT molecular complexity index is 116. The molecule has 0 amide bonds. The fourth-order valence-electron chi connectivity index (χ4n) is 1.72. The average molecular weight is 141 g/mol. The SMILES string of the molecule is CC1(CN=O)CCCCC1. The molecule has 2 nitrogen and oxygen atoms in total. The number of nitrogens with zero attached hydrogens (tertiary/aromatic N) is 1. The van der Waals surface area contributed by atoms with Crippen molar-refractivity contribution in [2.45, 2.75) is 39.0 Å². The van der Waals surface area contributed by atoms with Crippen LogP contribution < -0.4 is 0 Å². The Labute approximate surface area is 62.0 Å². The predicted octanol–water partition coefficient (Wildman–Crippen LogP) is 2.72. The van der Waals surface area contributed by atoms with E-state index < -0.39 is 0 Å². The van der Waals surface area contributed by atoms with Crippen LogP contribution in [0.1, 0.15) is 39.0 Å². The van der Waals surface area contributed by atoms with Crippen LogP contribution in [0.25, 0.3) is 0 Å². The van der Waals surface area contributed by atoms with Crippen molar-refractivity contribution in [3.05, 3.63) is 4.91 Å². The van der Waals surface area contributed by atoms with Gasteiger partial charge in [0, 0.05) is 0 Å². The Morgan fingerprint density at radius 1 is 1.30 bits per heavy atom. The highest BCUT2D eigenvalue weighted by atomic mass is 16.3. The molecule has 1 aliphatic carbocycles. The smallest absolute Gasteiger partial charge is 0.0864 e. The van der Waals surface area contributed by atoms with Crippen molar-refractivity contribution >= 4 is 0 Å². The van der Waals surface area contributed by atoms with Gasteiger partial charge in [-0.2, -0.15) is 4.91 Å². The Balaban J connectivity index is 2.39. The van der Waals surface area contributed by atoms with E-state index in [1.54, 1.807) is 0 Å². The van der Waals surface area contributed by atoms with Gasteiger partial charge in [0.15, 0.2) is 0 Å². The standard InChI is InChI=1S/C8H15NO/c1-8(7-9-10)5-3-2-4-6-8/h2-7H2,1H3. The van der Waals surface area contributed by atoms with Crippen molar-refractivity contribution in [1.29, 1.82) is 0 Å². The highest BCUT2D eigenvalue weighted by Crippen LogP contribution is 2.35. The van der Waals surface area contributed by atoms with Crippen molar-refractivity contribution in [2.75, 3.05) is 6.54 Å². The first-order valence-electron chi connectivity index (χ1n) is 4.06. The summed E-state index contributed by atoms with van der Waals surface area (Å²) in [7, 11) is 0. The van der Waals surface area contributed by atoms with Crippen LogP contribution in [0.5, 0.6) is 0 Å². The Hall–Kier alpha value is -0.400. The zero-order valence-corrected chi connectivity index (χ0v) is 6.60. The van der Waals surface area contributed by atoms with E-state index >= 15 is 0 Å². The van der Waals surface area contributed by atoms with Gasteiger partial charge in [-0.3, -0.25) is 0 Å². The molecular formula is C8H15NO. The van der Waals surface area contributed by atoms with E-state index in [2.05, 4.69) is 12.1 Å². The maximum absolute atomic E-state index is 10.0. The van der Waals surface area contributed by atoms with Crippen LogP contribution in [0, 0.1) is 10.3 Å². The molecule has 0 aliphatic heterocycles. The van der Waals surface area contributed by atoms with Gasteiger partial charge in [0.1, 0.15) is 0 Å². The quantitative estimate of drug-likeness (QED) is 0.543. The summed E-state index contributed by atoms with van der Waals surface area (Å²) in [6.45, 7) is 2.70. The third-order valence-corrected chi connectivity index (χ3v) is 2.51. The Morgan fingerprint density at radius 3 is 2.40 bits per heavy atom. The molecule has 0 aromatic heterocycles. The predicted molar refractivity (Wildman–Crippen MR) is 41.9 cm³/mol. The second-order valence-electron chi connectivity index (χ2n) is 3.66. The van der Waals surface area contributed by atoms with E-state index in [1.165, 1.54) is 32.1 Å². The van der Waals surface area contributed by atoms with Gasteiger partial charge < -0.3 is 0 Å². The molecule has 10 heavy (non-hydrogen) atoms. The molecule has 0 spiro atoms. The summed E-state index contributed by atoms with van der Waals surface area (Å²) in [5.74, 6) is 0. The number of hydrogen-bond donors (Lipinski definition) is 0. The van der Waals surface area contributed by atoms with Gasteiger partial charge in [-0.25, -0.2) is 0 Å². The van der Waals surface area contributed by atoms with Gasteiger partial charge in [-0.1, -0.05) is 31.4 Å². The van der Waals surface area contributed by atoms with Gasteiger partial charge in [0.05, 0.1) is 6.54 Å². The minimum absolute atomic E-state index is 0.250. The Morgan fingerprint density at radius 2 is 1.90 bits per heavy atom. The molecule has 1 rings (SSSR count). The minimum atomic E-state index is 0.250. The Kier molecular flexibility index (Phi) is 2.41. The molecular weight excluding hydrogens is 126 g/mol. The molecule has 1 saturated carbocycles. The van der Waals surface area contributed by atoms with E-state index in [0.717, 1.165) is 0 Å². The van der Waals surface area contributed by atoms with Crippen LogP contribution in [-0.2, 0) is 0 Å². The van der Waals surface area contributed by atoms with Crippen LogP contribution in [0.3, 0.4) is 0 Å². The molecule has 0 atom stereocenters. The normalized spacial score (nSPS) is 24.1. The molecule has 0 heterocycles. The summed E-state index contributed by atoms with van der Waals surface area (Å²) in [4.78, 5) is 10.0. The molecule has 0 saturated heterocycles. The van der Waals surface area contributed by atoms with Gasteiger partial charge in [0.25, 0.3) is 0 Å². The lowest BCUT2D eigenvalue weighted by Gasteiger charge is -2.30. The molecule has 0 bridgehead atoms. The number of hydrogen-bond acceptors (Lipinski definition) is 2. The van der Waals surface area contributed by atoms with E-state index in [-0.39, 0.29) is 5.41 Å². The lowest BCUT2D eigenvalue weighted by atomic mass is 9.76. The van der Waals surface area contributed by atoms with Gasteiger partial charge in [0.2, 0.25) is 0 Å². The second-order valence-corrected chi connectivity index (χ2v) is 3.66.